The number of nitrogens with zero attached hydrogens (tertiary/aromatic N) is 1. The molecule has 20 heavy (non-hydrogen) atoms. The average Bonchev–Trinajstić information content (AvgIpc) is 2.88. The van der Waals surface area contributed by atoms with Crippen LogP contribution in [0.15, 0.2) is 0 Å². The van der Waals surface area contributed by atoms with Gasteiger partial charge in [-0.2, -0.15) is 0 Å². The summed E-state index contributed by atoms with van der Waals surface area (Å²) in [7, 11) is 0. The summed E-state index contributed by atoms with van der Waals surface area (Å²) >= 11 is 0. The van der Waals surface area contributed by atoms with Crippen LogP contribution in [0.3, 0.4) is 0 Å². The van der Waals surface area contributed by atoms with Crippen LogP contribution in [-0.2, 0) is 9.53 Å². The van der Waals surface area contributed by atoms with Gasteiger partial charge in [-0.1, -0.05) is 20.8 Å². The zero-order chi connectivity index (χ0) is 15.0. The zero-order valence-corrected chi connectivity index (χ0v) is 13.7. The highest BCUT2D eigenvalue weighted by Crippen LogP contribution is 2.32. The van der Waals surface area contributed by atoms with Crippen LogP contribution < -0.4 is 5.32 Å². The number of carbonyl (C=O) groups is 1. The van der Waals surface area contributed by atoms with E-state index in [0.29, 0.717) is 12.5 Å². The zero-order valence-electron chi connectivity index (χ0n) is 13.7. The SMILES string of the molecule is CCC1(C)NC(CC(C)C)N(CC2(C)CCCO2)C1=O. The molecule has 0 aromatic rings. The molecule has 2 aliphatic rings. The maximum Gasteiger partial charge on any atom is 0.243 e. The molecule has 116 valence electrons. The molecule has 2 rings (SSSR count). The summed E-state index contributed by atoms with van der Waals surface area (Å²) < 4.78 is 5.88. The second kappa shape index (κ2) is 5.64. The van der Waals surface area contributed by atoms with Crippen LogP contribution in [0.4, 0.5) is 0 Å². The molecule has 0 aromatic carbocycles. The molecule has 0 spiro atoms. The van der Waals surface area contributed by atoms with Gasteiger partial charge in [-0.25, -0.2) is 0 Å². The molecule has 1 N–H and O–H groups in total. The van der Waals surface area contributed by atoms with Crippen molar-refractivity contribution in [1.29, 1.82) is 0 Å². The molecule has 0 bridgehead atoms. The third kappa shape index (κ3) is 3.01. The Hall–Kier alpha value is -0.610. The van der Waals surface area contributed by atoms with Gasteiger partial charge in [0.2, 0.25) is 5.91 Å². The lowest BCUT2D eigenvalue weighted by Gasteiger charge is -2.33. The average molecular weight is 282 g/mol. The topological polar surface area (TPSA) is 41.6 Å². The van der Waals surface area contributed by atoms with E-state index in [1.165, 1.54) is 0 Å². The van der Waals surface area contributed by atoms with E-state index in [4.69, 9.17) is 4.74 Å². The molecular weight excluding hydrogens is 252 g/mol. The van der Waals surface area contributed by atoms with Crippen molar-refractivity contribution < 1.29 is 9.53 Å². The lowest BCUT2D eigenvalue weighted by molar-refractivity contribution is -0.136. The van der Waals surface area contributed by atoms with Crippen molar-refractivity contribution in [2.45, 2.75) is 77.6 Å². The predicted molar refractivity (Wildman–Crippen MR) is 80.4 cm³/mol. The molecule has 3 unspecified atom stereocenters. The fraction of sp³-hybridized carbons (Fsp3) is 0.938. The molecule has 1 amide bonds. The summed E-state index contributed by atoms with van der Waals surface area (Å²) in [5.41, 5.74) is -0.569. The normalized spacial score (nSPS) is 38.2. The van der Waals surface area contributed by atoms with Gasteiger partial charge < -0.3 is 9.64 Å². The number of amides is 1. The van der Waals surface area contributed by atoms with Crippen LogP contribution in [0, 0.1) is 5.92 Å². The summed E-state index contributed by atoms with van der Waals surface area (Å²) in [6.07, 6.45) is 4.12. The standard InChI is InChI=1S/C16H30N2O2/c1-6-16(5)14(19)18(13(17-16)10-12(2)3)11-15(4)8-7-9-20-15/h12-13,17H,6-11H2,1-5H3. The monoisotopic (exact) mass is 282 g/mol. The maximum absolute atomic E-state index is 12.8. The van der Waals surface area contributed by atoms with Crippen LogP contribution in [0.25, 0.3) is 0 Å². The summed E-state index contributed by atoms with van der Waals surface area (Å²) in [6, 6.07) is 0. The van der Waals surface area contributed by atoms with E-state index >= 15 is 0 Å². The van der Waals surface area contributed by atoms with E-state index < -0.39 is 5.54 Å². The summed E-state index contributed by atoms with van der Waals surface area (Å²) in [5, 5.41) is 3.56. The van der Waals surface area contributed by atoms with Crippen LogP contribution in [0.5, 0.6) is 0 Å². The van der Waals surface area contributed by atoms with Gasteiger partial charge in [0, 0.05) is 6.61 Å². The van der Waals surface area contributed by atoms with Gasteiger partial charge in [0.05, 0.1) is 23.9 Å². The Kier molecular flexibility index (Phi) is 4.45. The van der Waals surface area contributed by atoms with E-state index in [2.05, 4.69) is 33.0 Å². The number of hydrogen-bond donors (Lipinski definition) is 1. The van der Waals surface area contributed by atoms with Crippen LogP contribution in [-0.4, -0.2) is 41.3 Å². The van der Waals surface area contributed by atoms with Crippen molar-refractivity contribution >= 4 is 5.91 Å². The van der Waals surface area contributed by atoms with E-state index in [1.54, 1.807) is 0 Å². The molecule has 0 aromatic heterocycles. The maximum atomic E-state index is 12.8. The van der Waals surface area contributed by atoms with E-state index in [1.807, 2.05) is 11.8 Å². The Labute approximate surface area is 123 Å². The molecule has 2 saturated heterocycles. The summed E-state index contributed by atoms with van der Waals surface area (Å²) in [5.74, 6) is 0.807. The molecule has 0 radical (unpaired) electrons. The molecule has 0 saturated carbocycles. The van der Waals surface area contributed by atoms with Gasteiger partial charge in [0.15, 0.2) is 0 Å². The highest BCUT2D eigenvalue weighted by molar-refractivity contribution is 5.88. The van der Waals surface area contributed by atoms with Crippen LogP contribution in [0.2, 0.25) is 0 Å². The second-order valence-electron chi connectivity index (χ2n) is 7.31. The lowest BCUT2D eigenvalue weighted by Crippen LogP contribution is -2.47. The molecule has 4 nitrogen and oxygen atoms in total. The lowest BCUT2D eigenvalue weighted by atomic mass is 9.98. The minimum atomic E-state index is -0.408. The fourth-order valence-electron chi connectivity index (χ4n) is 3.36. The summed E-state index contributed by atoms with van der Waals surface area (Å²) in [4.78, 5) is 14.8. The third-order valence-corrected chi connectivity index (χ3v) is 4.80. The van der Waals surface area contributed by atoms with Crippen molar-refractivity contribution in [3.63, 3.8) is 0 Å². The smallest absolute Gasteiger partial charge is 0.243 e. The minimum Gasteiger partial charge on any atom is -0.373 e. The molecule has 2 heterocycles. The Balaban J connectivity index is 2.15. The first-order valence-electron chi connectivity index (χ1n) is 8.02. The number of rotatable bonds is 5. The van der Waals surface area contributed by atoms with Crippen LogP contribution >= 0.6 is 0 Å². The van der Waals surface area contributed by atoms with Crippen molar-refractivity contribution in [2.24, 2.45) is 5.92 Å². The van der Waals surface area contributed by atoms with Gasteiger partial charge in [0.1, 0.15) is 0 Å². The van der Waals surface area contributed by atoms with Gasteiger partial charge in [-0.3, -0.25) is 10.1 Å². The van der Waals surface area contributed by atoms with Gasteiger partial charge in [-0.15, -0.1) is 0 Å². The third-order valence-electron chi connectivity index (χ3n) is 4.80. The van der Waals surface area contributed by atoms with Crippen molar-refractivity contribution in [1.82, 2.24) is 10.2 Å². The highest BCUT2D eigenvalue weighted by Gasteiger charge is 2.49. The Bertz CT molecular complexity index is 363. The van der Waals surface area contributed by atoms with E-state index in [0.717, 1.165) is 32.3 Å². The van der Waals surface area contributed by atoms with Crippen LogP contribution in [0.1, 0.15) is 60.3 Å². The number of hydrogen-bond acceptors (Lipinski definition) is 3. The van der Waals surface area contributed by atoms with Crippen molar-refractivity contribution in [3.8, 4) is 0 Å². The first-order valence-corrected chi connectivity index (χ1v) is 8.02. The second-order valence-corrected chi connectivity index (χ2v) is 7.31. The Morgan fingerprint density at radius 1 is 1.45 bits per heavy atom. The number of nitrogens with one attached hydrogen (secondary N) is 1. The molecule has 0 aliphatic carbocycles. The van der Waals surface area contributed by atoms with E-state index in [9.17, 15) is 4.79 Å². The first kappa shape index (κ1) is 15.8. The highest BCUT2D eigenvalue weighted by atomic mass is 16.5. The van der Waals surface area contributed by atoms with Gasteiger partial charge in [0.25, 0.3) is 0 Å². The van der Waals surface area contributed by atoms with Crippen molar-refractivity contribution in [2.75, 3.05) is 13.2 Å². The predicted octanol–water partition coefficient (Wildman–Crippen LogP) is 2.53. The van der Waals surface area contributed by atoms with Crippen molar-refractivity contribution in [3.05, 3.63) is 0 Å². The Morgan fingerprint density at radius 3 is 2.65 bits per heavy atom. The quantitative estimate of drug-likeness (QED) is 0.842. The number of carbonyl (C=O) groups excluding carboxylic acids is 1. The molecule has 4 heteroatoms. The van der Waals surface area contributed by atoms with Gasteiger partial charge in [-0.05, 0) is 45.4 Å². The largest absolute Gasteiger partial charge is 0.373 e. The Morgan fingerprint density at radius 2 is 2.15 bits per heavy atom. The molecule has 2 aliphatic heterocycles. The molecular formula is C16H30N2O2. The molecule has 2 fully saturated rings. The van der Waals surface area contributed by atoms with E-state index in [-0.39, 0.29) is 17.7 Å². The minimum absolute atomic E-state index is 0.147. The molecule has 3 atom stereocenters. The fourth-order valence-corrected chi connectivity index (χ4v) is 3.36. The number of ether oxygens (including phenoxy) is 1. The summed E-state index contributed by atoms with van der Waals surface area (Å²) in [6.45, 7) is 12.2. The van der Waals surface area contributed by atoms with Gasteiger partial charge >= 0.3 is 0 Å². The first-order chi connectivity index (χ1) is 9.30.